The zero-order valence-electron chi connectivity index (χ0n) is 44.9. The number of allylic oxidation sites excluding steroid dienone is 12. The number of carbonyl (C=O) groups excluding carboxylic acids is 3. The Labute approximate surface area is 421 Å². The summed E-state index contributed by atoms with van der Waals surface area (Å²) in [5, 5.41) is 0. The number of unbranched alkanes of at least 4 members (excludes halogenated alkanes) is 29. The molecule has 0 aromatic rings. The number of hydrogen-bond acceptors (Lipinski definition) is 6. The Kier molecular flexibility index (Phi) is 53.8. The van der Waals surface area contributed by atoms with Crippen molar-refractivity contribution in [1.29, 1.82) is 0 Å². The van der Waals surface area contributed by atoms with Crippen LogP contribution in [0.3, 0.4) is 0 Å². The highest BCUT2D eigenvalue weighted by atomic mass is 16.6. The molecule has 68 heavy (non-hydrogen) atoms. The lowest BCUT2D eigenvalue weighted by atomic mass is 10.0. The quantitative estimate of drug-likeness (QED) is 0.0262. The van der Waals surface area contributed by atoms with Crippen LogP contribution in [0.2, 0.25) is 0 Å². The maximum atomic E-state index is 12.9. The molecule has 0 fully saturated rings. The first-order chi connectivity index (χ1) is 33.5. The van der Waals surface area contributed by atoms with Crippen LogP contribution >= 0.6 is 0 Å². The van der Waals surface area contributed by atoms with Gasteiger partial charge in [0.1, 0.15) is 13.2 Å². The lowest BCUT2D eigenvalue weighted by molar-refractivity contribution is -0.167. The largest absolute Gasteiger partial charge is 0.462 e. The molecule has 0 saturated carbocycles. The molecule has 0 radical (unpaired) electrons. The first kappa shape index (κ1) is 64.8. The Hall–Kier alpha value is -3.15. The van der Waals surface area contributed by atoms with Gasteiger partial charge in [-0.05, 0) is 89.9 Å². The smallest absolute Gasteiger partial charge is 0.306 e. The van der Waals surface area contributed by atoms with Crippen LogP contribution in [-0.4, -0.2) is 37.2 Å². The van der Waals surface area contributed by atoms with Crippen molar-refractivity contribution in [2.45, 2.75) is 290 Å². The predicted octanol–water partition coefficient (Wildman–Crippen LogP) is 19.4. The van der Waals surface area contributed by atoms with Gasteiger partial charge in [-0.3, -0.25) is 14.4 Å². The third kappa shape index (κ3) is 53.8. The molecule has 0 aromatic carbocycles. The molecule has 0 aliphatic rings. The topological polar surface area (TPSA) is 78.9 Å². The first-order valence-electron chi connectivity index (χ1n) is 28.9. The molecule has 0 aliphatic carbocycles. The van der Waals surface area contributed by atoms with Crippen molar-refractivity contribution in [1.82, 2.24) is 0 Å². The van der Waals surface area contributed by atoms with Crippen LogP contribution in [0.5, 0.6) is 0 Å². The van der Waals surface area contributed by atoms with Crippen molar-refractivity contribution in [3.05, 3.63) is 72.9 Å². The van der Waals surface area contributed by atoms with E-state index in [1.165, 1.54) is 141 Å². The molecule has 0 amide bonds. The van der Waals surface area contributed by atoms with Crippen LogP contribution in [0.4, 0.5) is 0 Å². The predicted molar refractivity (Wildman–Crippen MR) is 293 cm³/mol. The molecule has 0 bridgehead atoms. The monoisotopic (exact) mass is 949 g/mol. The first-order valence-corrected chi connectivity index (χ1v) is 28.9. The van der Waals surface area contributed by atoms with Gasteiger partial charge in [-0.25, -0.2) is 0 Å². The van der Waals surface area contributed by atoms with E-state index in [2.05, 4.69) is 93.7 Å². The van der Waals surface area contributed by atoms with E-state index in [-0.39, 0.29) is 31.1 Å². The van der Waals surface area contributed by atoms with Crippen LogP contribution in [-0.2, 0) is 28.6 Å². The summed E-state index contributed by atoms with van der Waals surface area (Å²) in [5.74, 6) is -0.894. The van der Waals surface area contributed by atoms with Crippen LogP contribution < -0.4 is 0 Å². The fourth-order valence-corrected chi connectivity index (χ4v) is 8.11. The van der Waals surface area contributed by atoms with E-state index >= 15 is 0 Å². The molecule has 0 N–H and O–H groups in total. The van der Waals surface area contributed by atoms with Gasteiger partial charge in [0.2, 0.25) is 0 Å². The Morgan fingerprint density at radius 3 is 0.912 bits per heavy atom. The number of ether oxygens (including phenoxy) is 3. The molecular formula is C62H108O6. The summed E-state index contributed by atoms with van der Waals surface area (Å²) in [6, 6.07) is 0. The molecule has 0 aliphatic heterocycles. The SMILES string of the molecule is CC/C=C\C/C=C\C/C=C\C/C=C\CCCCCCCCC(=O)OCC(COC(=O)CCCCCCCCCCCCCCC)OC(=O)CCCCCCCCC/C=C\C/C=C\CCCCCC. The summed E-state index contributed by atoms with van der Waals surface area (Å²) in [4.78, 5) is 38.2. The Balaban J connectivity index is 4.40. The van der Waals surface area contributed by atoms with E-state index in [0.29, 0.717) is 19.3 Å². The van der Waals surface area contributed by atoms with Crippen LogP contribution in [0.1, 0.15) is 284 Å². The molecule has 0 saturated heterocycles. The van der Waals surface area contributed by atoms with Gasteiger partial charge >= 0.3 is 17.9 Å². The minimum Gasteiger partial charge on any atom is -0.462 e. The number of rotatable bonds is 52. The minimum absolute atomic E-state index is 0.0811. The number of hydrogen-bond donors (Lipinski definition) is 0. The van der Waals surface area contributed by atoms with Crippen molar-refractivity contribution in [3.8, 4) is 0 Å². The zero-order valence-corrected chi connectivity index (χ0v) is 44.9. The highest BCUT2D eigenvalue weighted by Gasteiger charge is 2.19. The van der Waals surface area contributed by atoms with Gasteiger partial charge < -0.3 is 14.2 Å². The summed E-state index contributed by atoms with van der Waals surface area (Å²) >= 11 is 0. The van der Waals surface area contributed by atoms with E-state index in [1.54, 1.807) is 0 Å². The summed E-state index contributed by atoms with van der Waals surface area (Å²) in [5.41, 5.74) is 0. The molecule has 0 rings (SSSR count). The Morgan fingerprint density at radius 1 is 0.309 bits per heavy atom. The lowest BCUT2D eigenvalue weighted by Gasteiger charge is -2.18. The van der Waals surface area contributed by atoms with Crippen LogP contribution in [0.15, 0.2) is 72.9 Å². The zero-order chi connectivity index (χ0) is 49.3. The third-order valence-electron chi connectivity index (χ3n) is 12.4. The average molecular weight is 950 g/mol. The van der Waals surface area contributed by atoms with Crippen LogP contribution in [0, 0.1) is 0 Å². The molecule has 0 aromatic heterocycles. The minimum atomic E-state index is -0.784. The molecule has 1 unspecified atom stereocenters. The van der Waals surface area contributed by atoms with Gasteiger partial charge in [0, 0.05) is 19.3 Å². The summed E-state index contributed by atoms with van der Waals surface area (Å²) in [6.07, 6.45) is 71.7. The maximum Gasteiger partial charge on any atom is 0.306 e. The van der Waals surface area contributed by atoms with Crippen molar-refractivity contribution in [3.63, 3.8) is 0 Å². The summed E-state index contributed by atoms with van der Waals surface area (Å²) in [6.45, 7) is 6.51. The maximum absolute atomic E-state index is 12.9. The Morgan fingerprint density at radius 2 is 0.574 bits per heavy atom. The molecule has 0 spiro atoms. The van der Waals surface area contributed by atoms with Crippen molar-refractivity contribution < 1.29 is 28.6 Å². The van der Waals surface area contributed by atoms with Gasteiger partial charge in [-0.15, -0.1) is 0 Å². The second-order valence-electron chi connectivity index (χ2n) is 19.2. The van der Waals surface area contributed by atoms with Crippen molar-refractivity contribution in [2.24, 2.45) is 0 Å². The molecule has 6 nitrogen and oxygen atoms in total. The van der Waals surface area contributed by atoms with E-state index in [1.807, 2.05) is 0 Å². The van der Waals surface area contributed by atoms with Gasteiger partial charge in [-0.2, -0.15) is 0 Å². The molecule has 1 atom stereocenters. The van der Waals surface area contributed by atoms with E-state index in [0.717, 1.165) is 103 Å². The van der Waals surface area contributed by atoms with Crippen molar-refractivity contribution >= 4 is 17.9 Å². The molecular weight excluding hydrogens is 841 g/mol. The third-order valence-corrected chi connectivity index (χ3v) is 12.4. The Bertz CT molecular complexity index is 1270. The second kappa shape index (κ2) is 56.4. The van der Waals surface area contributed by atoms with Crippen molar-refractivity contribution in [2.75, 3.05) is 13.2 Å². The second-order valence-corrected chi connectivity index (χ2v) is 19.2. The summed E-state index contributed by atoms with van der Waals surface area (Å²) < 4.78 is 16.9. The lowest BCUT2D eigenvalue weighted by Crippen LogP contribution is -2.30. The average Bonchev–Trinajstić information content (AvgIpc) is 3.34. The highest BCUT2D eigenvalue weighted by molar-refractivity contribution is 5.71. The van der Waals surface area contributed by atoms with E-state index < -0.39 is 6.10 Å². The normalized spacial score (nSPS) is 12.6. The van der Waals surface area contributed by atoms with E-state index in [9.17, 15) is 14.4 Å². The van der Waals surface area contributed by atoms with Gasteiger partial charge in [0.15, 0.2) is 6.10 Å². The molecule has 392 valence electrons. The number of carbonyl (C=O) groups is 3. The van der Waals surface area contributed by atoms with Gasteiger partial charge in [0.05, 0.1) is 0 Å². The fourth-order valence-electron chi connectivity index (χ4n) is 8.11. The summed E-state index contributed by atoms with van der Waals surface area (Å²) in [7, 11) is 0. The van der Waals surface area contributed by atoms with E-state index in [4.69, 9.17) is 14.2 Å². The molecule has 0 heterocycles. The highest BCUT2D eigenvalue weighted by Crippen LogP contribution is 2.15. The van der Waals surface area contributed by atoms with Gasteiger partial charge in [0.25, 0.3) is 0 Å². The number of esters is 3. The fraction of sp³-hybridized carbons (Fsp3) is 0.758. The van der Waals surface area contributed by atoms with Gasteiger partial charge in [-0.1, -0.05) is 248 Å². The van der Waals surface area contributed by atoms with Crippen LogP contribution in [0.25, 0.3) is 0 Å². The standard InChI is InChI=1S/C62H108O6/c1-4-7-10-13-16-19-22-25-27-29-31-33-34-37-40-43-46-49-52-55-61(64)67-58-59(57-66-60(63)54-51-48-45-42-39-36-24-21-18-15-12-9-6-3)68-62(65)56-53-50-47-44-41-38-35-32-30-28-26-23-20-17-14-11-8-5-2/h7,10,16,19-20,23,25,27-28,30-31,33,59H,4-6,8-9,11-15,17-18,21-22,24,26,29,32,34-58H2,1-3H3/b10-7-,19-16-,23-20-,27-25-,30-28-,33-31-. The molecule has 6 heteroatoms.